The molecule has 4 rings (SSSR count). The van der Waals surface area contributed by atoms with Crippen LogP contribution in [0.2, 0.25) is 0 Å². The standard InChI is InChI=1S/C19H13FN4O2/c20-13-8-6-12(7-9-13)17-19(23-22-14-3-1-4-15(25)11-14)24-10-2-5-16(26)18(24)21-17/h1-11,25-26H. The zero-order valence-electron chi connectivity index (χ0n) is 13.4. The van der Waals surface area contributed by atoms with Crippen molar-refractivity contribution >= 4 is 17.2 Å². The van der Waals surface area contributed by atoms with E-state index in [2.05, 4.69) is 15.2 Å². The molecule has 2 heterocycles. The van der Waals surface area contributed by atoms with Crippen LogP contribution in [0, 0.1) is 5.82 Å². The summed E-state index contributed by atoms with van der Waals surface area (Å²) in [5.74, 6) is 0.0970. The van der Waals surface area contributed by atoms with Gasteiger partial charge >= 0.3 is 0 Å². The molecule has 0 saturated carbocycles. The average molecular weight is 348 g/mol. The maximum absolute atomic E-state index is 13.2. The van der Waals surface area contributed by atoms with E-state index < -0.39 is 0 Å². The van der Waals surface area contributed by atoms with Crippen LogP contribution in [-0.2, 0) is 0 Å². The summed E-state index contributed by atoms with van der Waals surface area (Å²) < 4.78 is 14.8. The zero-order chi connectivity index (χ0) is 18.1. The Hall–Kier alpha value is -3.74. The zero-order valence-corrected chi connectivity index (χ0v) is 13.4. The highest BCUT2D eigenvalue weighted by Gasteiger charge is 2.16. The number of aromatic hydroxyl groups is 2. The van der Waals surface area contributed by atoms with Crippen molar-refractivity contribution in [3.05, 3.63) is 72.7 Å². The van der Waals surface area contributed by atoms with Gasteiger partial charge in [-0.25, -0.2) is 9.37 Å². The molecule has 0 bridgehead atoms. The Morgan fingerprint density at radius 2 is 1.73 bits per heavy atom. The van der Waals surface area contributed by atoms with E-state index in [0.717, 1.165) is 0 Å². The lowest BCUT2D eigenvalue weighted by atomic mass is 10.1. The number of phenolic OH excluding ortho intramolecular Hbond substituents is 1. The third-order valence-corrected chi connectivity index (χ3v) is 3.81. The van der Waals surface area contributed by atoms with Gasteiger partial charge in [-0.2, -0.15) is 0 Å². The molecule has 0 saturated heterocycles. The van der Waals surface area contributed by atoms with Gasteiger partial charge in [0.1, 0.15) is 17.3 Å². The van der Waals surface area contributed by atoms with Gasteiger partial charge in [0.25, 0.3) is 0 Å². The minimum absolute atomic E-state index is 0.00494. The van der Waals surface area contributed by atoms with Crippen LogP contribution in [0.25, 0.3) is 16.9 Å². The smallest absolute Gasteiger partial charge is 0.187 e. The highest BCUT2D eigenvalue weighted by atomic mass is 19.1. The molecule has 26 heavy (non-hydrogen) atoms. The Labute approximate surface area is 147 Å². The lowest BCUT2D eigenvalue weighted by Gasteiger charge is -2.00. The van der Waals surface area contributed by atoms with E-state index in [0.29, 0.717) is 28.4 Å². The summed E-state index contributed by atoms with van der Waals surface area (Å²) in [6.45, 7) is 0. The third-order valence-electron chi connectivity index (χ3n) is 3.81. The number of azo groups is 1. The van der Waals surface area contributed by atoms with Gasteiger partial charge in [0, 0.05) is 17.8 Å². The summed E-state index contributed by atoms with van der Waals surface area (Å²) in [4.78, 5) is 4.43. The molecule has 0 spiro atoms. The molecule has 0 radical (unpaired) electrons. The number of nitrogens with zero attached hydrogens (tertiary/aromatic N) is 4. The van der Waals surface area contributed by atoms with Gasteiger partial charge in [-0.3, -0.25) is 4.40 Å². The molecule has 0 fully saturated rings. The van der Waals surface area contributed by atoms with Crippen LogP contribution in [0.5, 0.6) is 11.5 Å². The minimum Gasteiger partial charge on any atom is -0.508 e. The number of phenols is 1. The van der Waals surface area contributed by atoms with Crippen molar-refractivity contribution in [1.29, 1.82) is 0 Å². The van der Waals surface area contributed by atoms with Crippen molar-refractivity contribution in [2.24, 2.45) is 10.2 Å². The van der Waals surface area contributed by atoms with Crippen LogP contribution >= 0.6 is 0 Å². The average Bonchev–Trinajstić information content (AvgIpc) is 3.01. The Morgan fingerprint density at radius 1 is 0.923 bits per heavy atom. The van der Waals surface area contributed by atoms with Gasteiger partial charge in [-0.1, -0.05) is 6.07 Å². The number of halogens is 1. The van der Waals surface area contributed by atoms with Crippen molar-refractivity contribution in [2.75, 3.05) is 0 Å². The second kappa shape index (κ2) is 6.29. The summed E-state index contributed by atoms with van der Waals surface area (Å²) in [5.41, 5.74) is 1.87. The number of rotatable bonds is 3. The predicted molar refractivity (Wildman–Crippen MR) is 94.5 cm³/mol. The summed E-state index contributed by atoms with van der Waals surface area (Å²) in [5, 5.41) is 28.0. The summed E-state index contributed by atoms with van der Waals surface area (Å²) in [6.07, 6.45) is 1.70. The van der Waals surface area contributed by atoms with Crippen LogP contribution in [-0.4, -0.2) is 19.6 Å². The number of imidazole rings is 1. The van der Waals surface area contributed by atoms with Crippen molar-refractivity contribution < 1.29 is 14.6 Å². The van der Waals surface area contributed by atoms with Crippen LogP contribution in [0.4, 0.5) is 15.9 Å². The Kier molecular flexibility index (Phi) is 3.81. The first-order valence-electron chi connectivity index (χ1n) is 7.78. The summed E-state index contributed by atoms with van der Waals surface area (Å²) >= 11 is 0. The molecule has 0 unspecified atom stereocenters. The number of fused-ring (bicyclic) bond motifs is 1. The monoisotopic (exact) mass is 348 g/mol. The van der Waals surface area contributed by atoms with Crippen molar-refractivity contribution in [3.8, 4) is 22.8 Å². The van der Waals surface area contributed by atoms with E-state index in [9.17, 15) is 14.6 Å². The van der Waals surface area contributed by atoms with Crippen molar-refractivity contribution in [3.63, 3.8) is 0 Å². The van der Waals surface area contributed by atoms with Gasteiger partial charge in [0.05, 0.1) is 5.69 Å². The molecule has 128 valence electrons. The quantitative estimate of drug-likeness (QED) is 0.513. The highest BCUT2D eigenvalue weighted by Crippen LogP contribution is 2.35. The fraction of sp³-hybridized carbons (Fsp3) is 0. The molecular formula is C19H13FN4O2. The molecule has 2 N–H and O–H groups in total. The Bertz CT molecular complexity index is 1120. The molecule has 7 heteroatoms. The number of pyridine rings is 1. The van der Waals surface area contributed by atoms with Gasteiger partial charge in [0.2, 0.25) is 0 Å². The fourth-order valence-electron chi connectivity index (χ4n) is 2.60. The molecule has 2 aromatic heterocycles. The summed E-state index contributed by atoms with van der Waals surface area (Å²) in [7, 11) is 0. The maximum Gasteiger partial charge on any atom is 0.187 e. The van der Waals surface area contributed by atoms with E-state index in [1.54, 1.807) is 40.9 Å². The van der Waals surface area contributed by atoms with Crippen LogP contribution < -0.4 is 0 Å². The van der Waals surface area contributed by atoms with E-state index in [-0.39, 0.29) is 17.3 Å². The van der Waals surface area contributed by atoms with Crippen molar-refractivity contribution in [2.45, 2.75) is 0 Å². The van der Waals surface area contributed by atoms with Gasteiger partial charge in [-0.15, -0.1) is 10.2 Å². The number of benzene rings is 2. The first-order chi connectivity index (χ1) is 12.6. The molecule has 2 aromatic carbocycles. The maximum atomic E-state index is 13.2. The van der Waals surface area contributed by atoms with E-state index >= 15 is 0 Å². The van der Waals surface area contributed by atoms with Gasteiger partial charge in [-0.05, 0) is 48.5 Å². The number of hydrogen-bond acceptors (Lipinski definition) is 5. The number of aromatic nitrogens is 2. The highest BCUT2D eigenvalue weighted by molar-refractivity contribution is 5.76. The molecular weight excluding hydrogens is 335 g/mol. The molecule has 0 aliphatic carbocycles. The molecule has 0 atom stereocenters. The SMILES string of the molecule is Oc1cccc(N=Nc2c(-c3ccc(F)cc3)nc3c(O)cccn23)c1. The predicted octanol–water partition coefficient (Wildman–Crippen LogP) is 4.97. The number of hydrogen-bond donors (Lipinski definition) is 2. The molecule has 0 aliphatic heterocycles. The van der Waals surface area contributed by atoms with Gasteiger partial charge in [0.15, 0.2) is 17.2 Å². The molecule has 0 aliphatic rings. The van der Waals surface area contributed by atoms with E-state index in [1.807, 2.05) is 0 Å². The Morgan fingerprint density at radius 3 is 2.50 bits per heavy atom. The minimum atomic E-state index is -0.358. The lowest BCUT2D eigenvalue weighted by molar-refractivity contribution is 0.475. The van der Waals surface area contributed by atoms with E-state index in [4.69, 9.17) is 0 Å². The lowest BCUT2D eigenvalue weighted by Crippen LogP contribution is -1.83. The van der Waals surface area contributed by atoms with E-state index in [1.165, 1.54) is 30.3 Å². The first-order valence-corrected chi connectivity index (χ1v) is 7.78. The third kappa shape index (κ3) is 2.86. The first kappa shape index (κ1) is 15.8. The van der Waals surface area contributed by atoms with Crippen molar-refractivity contribution in [1.82, 2.24) is 9.38 Å². The second-order valence-corrected chi connectivity index (χ2v) is 5.60. The largest absolute Gasteiger partial charge is 0.508 e. The molecule has 4 aromatic rings. The topological polar surface area (TPSA) is 82.5 Å². The van der Waals surface area contributed by atoms with Crippen LogP contribution in [0.15, 0.2) is 77.1 Å². The van der Waals surface area contributed by atoms with Crippen LogP contribution in [0.1, 0.15) is 0 Å². The van der Waals surface area contributed by atoms with Crippen LogP contribution in [0.3, 0.4) is 0 Å². The summed E-state index contributed by atoms with van der Waals surface area (Å²) in [6, 6.07) is 15.4. The molecule has 0 amide bonds. The second-order valence-electron chi connectivity index (χ2n) is 5.60. The molecule has 6 nitrogen and oxygen atoms in total. The Balaban J connectivity index is 1.90. The van der Waals surface area contributed by atoms with Gasteiger partial charge < -0.3 is 10.2 Å². The fourth-order valence-corrected chi connectivity index (χ4v) is 2.60. The normalized spacial score (nSPS) is 11.4.